The number of pyridine rings is 1. The Kier molecular flexibility index (Phi) is 5.94. The Balaban J connectivity index is 1.83. The molecule has 4 rings (SSSR count). The van der Waals surface area contributed by atoms with Crippen molar-refractivity contribution in [2.75, 3.05) is 11.9 Å². The first-order valence-electron chi connectivity index (χ1n) is 9.84. The van der Waals surface area contributed by atoms with Crippen molar-refractivity contribution in [1.29, 1.82) is 0 Å². The minimum Gasteiger partial charge on any atom is -0.508 e. The van der Waals surface area contributed by atoms with Crippen LogP contribution in [0.25, 0.3) is 11.0 Å². The second-order valence-electron chi connectivity index (χ2n) is 6.74. The zero-order valence-corrected chi connectivity index (χ0v) is 17.1. The number of anilines is 1. The number of aromatic nitrogens is 1. The quantitative estimate of drug-likeness (QED) is 0.460. The molecule has 0 atom stereocenters. The molecular formula is C24H19N3O5. The summed E-state index contributed by atoms with van der Waals surface area (Å²) < 4.78 is 10.9. The minimum absolute atomic E-state index is 0.0116. The first kappa shape index (κ1) is 20.8. The van der Waals surface area contributed by atoms with Crippen LogP contribution in [0.15, 0.2) is 82.3 Å². The Morgan fingerprint density at radius 2 is 1.97 bits per heavy atom. The van der Waals surface area contributed by atoms with Gasteiger partial charge in [0.2, 0.25) is 5.55 Å². The van der Waals surface area contributed by atoms with Gasteiger partial charge in [-0.15, -0.1) is 0 Å². The minimum atomic E-state index is -0.474. The zero-order chi connectivity index (χ0) is 22.5. The number of fused-ring (bicyclic) bond motifs is 1. The van der Waals surface area contributed by atoms with Gasteiger partial charge in [0.15, 0.2) is 0 Å². The second kappa shape index (κ2) is 9.13. The van der Waals surface area contributed by atoms with E-state index in [1.54, 1.807) is 67.7 Å². The molecule has 0 saturated carbocycles. The van der Waals surface area contributed by atoms with E-state index in [1.807, 2.05) is 0 Å². The third-order valence-electron chi connectivity index (χ3n) is 4.47. The number of amides is 1. The van der Waals surface area contributed by atoms with E-state index in [0.29, 0.717) is 28.0 Å². The Morgan fingerprint density at radius 1 is 1.09 bits per heavy atom. The molecule has 2 heterocycles. The van der Waals surface area contributed by atoms with Crippen molar-refractivity contribution in [2.45, 2.75) is 6.92 Å². The van der Waals surface area contributed by atoms with Gasteiger partial charge >= 0.3 is 5.97 Å². The third kappa shape index (κ3) is 4.65. The monoisotopic (exact) mass is 429 g/mol. The Labute approximate surface area is 182 Å². The first-order valence-corrected chi connectivity index (χ1v) is 9.84. The summed E-state index contributed by atoms with van der Waals surface area (Å²) in [5, 5.41) is 13.1. The van der Waals surface area contributed by atoms with Gasteiger partial charge in [-0.25, -0.2) is 14.8 Å². The highest BCUT2D eigenvalue weighted by Gasteiger charge is 2.14. The van der Waals surface area contributed by atoms with Crippen LogP contribution in [0.5, 0.6) is 5.75 Å². The lowest BCUT2D eigenvalue weighted by Gasteiger charge is -2.07. The van der Waals surface area contributed by atoms with Gasteiger partial charge in [-0.3, -0.25) is 4.79 Å². The molecule has 0 aliphatic carbocycles. The highest BCUT2D eigenvalue weighted by atomic mass is 16.5. The number of nitrogens with one attached hydrogen (secondary N) is 1. The van der Waals surface area contributed by atoms with E-state index in [9.17, 15) is 14.7 Å². The fourth-order valence-corrected chi connectivity index (χ4v) is 3.01. The number of phenolic OH excluding ortho intramolecular Hbond substituents is 1. The zero-order valence-electron chi connectivity index (χ0n) is 17.1. The van der Waals surface area contributed by atoms with Crippen LogP contribution in [0.3, 0.4) is 0 Å². The highest BCUT2D eigenvalue weighted by Crippen LogP contribution is 2.21. The summed E-state index contributed by atoms with van der Waals surface area (Å²) in [6.45, 7) is 1.98. The fraction of sp³-hybridized carbons (Fsp3) is 0.0833. The van der Waals surface area contributed by atoms with Gasteiger partial charge in [-0.1, -0.05) is 12.1 Å². The Morgan fingerprint density at radius 3 is 2.75 bits per heavy atom. The third-order valence-corrected chi connectivity index (χ3v) is 4.47. The number of aromatic hydroxyl groups is 1. The van der Waals surface area contributed by atoms with Crippen LogP contribution < -0.4 is 10.9 Å². The molecule has 2 N–H and O–H groups in total. The van der Waals surface area contributed by atoms with Crippen molar-refractivity contribution in [3.63, 3.8) is 0 Å². The lowest BCUT2D eigenvalue weighted by atomic mass is 10.1. The number of carbonyl (C=O) groups is 2. The number of phenols is 1. The molecule has 2 aromatic carbocycles. The molecule has 0 saturated heterocycles. The fourth-order valence-electron chi connectivity index (χ4n) is 3.01. The molecule has 4 aromatic rings. The van der Waals surface area contributed by atoms with Crippen molar-refractivity contribution in [3.05, 3.63) is 89.6 Å². The largest absolute Gasteiger partial charge is 0.508 e. The van der Waals surface area contributed by atoms with Crippen LogP contribution in [0.4, 0.5) is 11.5 Å². The molecule has 32 heavy (non-hydrogen) atoms. The van der Waals surface area contributed by atoms with E-state index in [2.05, 4.69) is 15.3 Å². The summed E-state index contributed by atoms with van der Waals surface area (Å²) in [4.78, 5) is 33.6. The van der Waals surface area contributed by atoms with Gasteiger partial charge in [0, 0.05) is 17.6 Å². The van der Waals surface area contributed by atoms with Gasteiger partial charge in [-0.2, -0.15) is 0 Å². The SMILES string of the molecule is CCOC(=O)c1cccc(N=c2oc3cc(O)ccc3cc2C(=O)Nc2ccccn2)c1. The lowest BCUT2D eigenvalue weighted by Crippen LogP contribution is -2.22. The topological polar surface area (TPSA) is 114 Å². The van der Waals surface area contributed by atoms with Gasteiger partial charge in [0.25, 0.3) is 5.91 Å². The number of hydrogen-bond donors (Lipinski definition) is 2. The smallest absolute Gasteiger partial charge is 0.338 e. The van der Waals surface area contributed by atoms with E-state index >= 15 is 0 Å². The summed E-state index contributed by atoms with van der Waals surface area (Å²) in [5.74, 6) is -0.554. The molecule has 0 fully saturated rings. The maximum Gasteiger partial charge on any atom is 0.338 e. The van der Waals surface area contributed by atoms with Gasteiger partial charge < -0.3 is 19.6 Å². The molecule has 0 unspecified atom stereocenters. The average molecular weight is 429 g/mol. The van der Waals surface area contributed by atoms with Crippen LogP contribution in [0, 0.1) is 0 Å². The maximum absolute atomic E-state index is 13.0. The molecule has 8 nitrogen and oxygen atoms in total. The summed E-state index contributed by atoms with van der Waals surface area (Å²) in [6.07, 6.45) is 1.56. The van der Waals surface area contributed by atoms with Crippen LogP contribution in [-0.4, -0.2) is 28.6 Å². The number of ether oxygens (including phenoxy) is 1. The molecule has 1 amide bonds. The number of carbonyl (C=O) groups excluding carboxylic acids is 2. The molecule has 0 spiro atoms. The number of esters is 1. The maximum atomic E-state index is 13.0. The van der Waals surface area contributed by atoms with Crippen LogP contribution in [-0.2, 0) is 4.74 Å². The summed E-state index contributed by atoms with van der Waals surface area (Å²) in [5.41, 5.74) is 1.24. The molecule has 0 radical (unpaired) electrons. The molecule has 2 aromatic heterocycles. The van der Waals surface area contributed by atoms with E-state index in [1.165, 1.54) is 12.1 Å². The highest BCUT2D eigenvalue weighted by molar-refractivity contribution is 6.05. The van der Waals surface area contributed by atoms with Crippen LogP contribution in [0.2, 0.25) is 0 Å². The Hall–Kier alpha value is -4.46. The van der Waals surface area contributed by atoms with Crippen LogP contribution >= 0.6 is 0 Å². The van der Waals surface area contributed by atoms with Gasteiger partial charge in [-0.05, 0) is 55.5 Å². The van der Waals surface area contributed by atoms with Crippen molar-refractivity contribution in [3.8, 4) is 5.75 Å². The molecule has 0 aliphatic heterocycles. The van der Waals surface area contributed by atoms with E-state index in [0.717, 1.165) is 0 Å². The van der Waals surface area contributed by atoms with Gasteiger partial charge in [0.05, 0.1) is 17.9 Å². The van der Waals surface area contributed by atoms with E-state index in [4.69, 9.17) is 9.15 Å². The van der Waals surface area contributed by atoms with Crippen LogP contribution in [0.1, 0.15) is 27.6 Å². The Bertz CT molecular complexity index is 1360. The first-order chi connectivity index (χ1) is 15.5. The van der Waals surface area contributed by atoms with Gasteiger partial charge in [0.1, 0.15) is 22.7 Å². The van der Waals surface area contributed by atoms with Crippen molar-refractivity contribution < 1.29 is 23.8 Å². The van der Waals surface area contributed by atoms with E-state index < -0.39 is 11.9 Å². The normalized spacial score (nSPS) is 11.3. The number of benzene rings is 2. The number of rotatable bonds is 5. The summed E-state index contributed by atoms with van der Waals surface area (Å²) in [6, 6.07) is 17.8. The predicted molar refractivity (Wildman–Crippen MR) is 118 cm³/mol. The molecular weight excluding hydrogens is 410 g/mol. The number of nitrogens with zero attached hydrogens (tertiary/aromatic N) is 2. The number of hydrogen-bond acceptors (Lipinski definition) is 7. The molecule has 0 bridgehead atoms. The molecule has 0 aliphatic rings. The summed E-state index contributed by atoms with van der Waals surface area (Å²) >= 11 is 0. The summed E-state index contributed by atoms with van der Waals surface area (Å²) in [7, 11) is 0. The predicted octanol–water partition coefficient (Wildman–Crippen LogP) is 4.19. The standard InChI is InChI=1S/C24H19N3O5/c1-2-31-24(30)16-6-5-7-17(12-16)26-23-19(22(29)27-21-8-3-4-11-25-21)13-15-9-10-18(28)14-20(15)32-23/h3-14,28H,2H2,1H3,(H,25,27,29). The van der Waals surface area contributed by atoms with Crippen molar-refractivity contribution >= 4 is 34.4 Å². The average Bonchev–Trinajstić information content (AvgIpc) is 2.79. The second-order valence-corrected chi connectivity index (χ2v) is 6.74. The van der Waals surface area contributed by atoms with Crippen molar-refractivity contribution in [2.24, 2.45) is 4.99 Å². The lowest BCUT2D eigenvalue weighted by molar-refractivity contribution is 0.0526. The van der Waals surface area contributed by atoms with Crippen molar-refractivity contribution in [1.82, 2.24) is 4.98 Å². The van der Waals surface area contributed by atoms with E-state index in [-0.39, 0.29) is 23.5 Å². The molecule has 8 heteroatoms. The molecule has 160 valence electrons.